The molecular formula is C17H34PtSi. The predicted octanol–water partition coefficient (Wildman–Crippen LogP) is 6.24. The van der Waals surface area contributed by atoms with Crippen molar-refractivity contribution in [1.29, 1.82) is 0 Å². The Balaban J connectivity index is -0.000000121. The minimum absolute atomic E-state index is 0. The van der Waals surface area contributed by atoms with E-state index in [0.717, 1.165) is 6.42 Å². The molecular weight excluding hydrogens is 427 g/mol. The second kappa shape index (κ2) is 18.4. The SMILES string of the molecule is [C-]1=CC=CC1.[CH2-][Si](CCC)(CCC)CCC.[CH3-].[CH3-].[Pt+4]. The number of rotatable bonds is 6. The molecule has 1 aliphatic rings. The summed E-state index contributed by atoms with van der Waals surface area (Å²) in [5.74, 6) is 0. The first-order valence-electron chi connectivity index (χ1n) is 6.75. The molecule has 0 saturated heterocycles. The Morgan fingerprint density at radius 1 is 1.00 bits per heavy atom. The Kier molecular flexibility index (Phi) is 26.8. The molecule has 0 N–H and O–H groups in total. The molecule has 19 heavy (non-hydrogen) atoms. The fourth-order valence-corrected chi connectivity index (χ4v) is 6.24. The van der Waals surface area contributed by atoms with Gasteiger partial charge in [0.1, 0.15) is 0 Å². The maximum absolute atomic E-state index is 4.48. The third kappa shape index (κ3) is 16.3. The van der Waals surface area contributed by atoms with Crippen molar-refractivity contribution < 1.29 is 21.1 Å². The van der Waals surface area contributed by atoms with Crippen LogP contribution in [0.5, 0.6) is 0 Å². The van der Waals surface area contributed by atoms with Gasteiger partial charge in [-0.05, 0) is 0 Å². The number of hydrogen-bond acceptors (Lipinski definition) is 0. The topological polar surface area (TPSA) is 0 Å². The molecule has 0 aromatic heterocycles. The number of allylic oxidation sites excluding steroid dienone is 4. The average molecular weight is 462 g/mol. The minimum atomic E-state index is -0.999. The van der Waals surface area contributed by atoms with Gasteiger partial charge in [-0.1, -0.05) is 66.2 Å². The third-order valence-electron chi connectivity index (χ3n) is 2.93. The summed E-state index contributed by atoms with van der Waals surface area (Å²) in [6.45, 7) is 11.3. The van der Waals surface area contributed by atoms with Crippen LogP contribution in [0.2, 0.25) is 18.1 Å². The van der Waals surface area contributed by atoms with Gasteiger partial charge in [0.15, 0.2) is 0 Å². The van der Waals surface area contributed by atoms with Crippen LogP contribution in [0.3, 0.4) is 0 Å². The molecule has 0 unspecified atom stereocenters. The summed E-state index contributed by atoms with van der Waals surface area (Å²) in [5.41, 5.74) is 0. The van der Waals surface area contributed by atoms with E-state index in [-0.39, 0.29) is 35.9 Å². The largest absolute Gasteiger partial charge is 4.00 e. The van der Waals surface area contributed by atoms with Crippen molar-refractivity contribution in [2.45, 2.75) is 64.6 Å². The van der Waals surface area contributed by atoms with Crippen LogP contribution in [0.25, 0.3) is 0 Å². The van der Waals surface area contributed by atoms with Gasteiger partial charge in [0, 0.05) is 0 Å². The van der Waals surface area contributed by atoms with Crippen LogP contribution in [0.4, 0.5) is 0 Å². The third-order valence-corrected chi connectivity index (χ3v) is 7.61. The molecule has 0 bridgehead atoms. The van der Waals surface area contributed by atoms with Gasteiger partial charge in [-0.2, -0.15) is 6.08 Å². The first-order chi connectivity index (χ1) is 7.68. The van der Waals surface area contributed by atoms with Gasteiger partial charge < -0.3 is 21.4 Å². The van der Waals surface area contributed by atoms with E-state index in [1.165, 1.54) is 37.4 Å². The summed E-state index contributed by atoms with van der Waals surface area (Å²) in [5, 5.41) is 0. The Labute approximate surface area is 139 Å². The van der Waals surface area contributed by atoms with Gasteiger partial charge in [-0.15, -0.1) is 6.42 Å². The molecule has 0 radical (unpaired) electrons. The Hall–Kier alpha value is 0.385. The first-order valence-corrected chi connectivity index (χ1v) is 9.58. The van der Waals surface area contributed by atoms with Crippen molar-refractivity contribution in [2.24, 2.45) is 0 Å². The summed E-state index contributed by atoms with van der Waals surface area (Å²) >= 11 is 0. The average Bonchev–Trinajstić information content (AvgIpc) is 2.76. The molecule has 0 heterocycles. The molecule has 0 spiro atoms. The summed E-state index contributed by atoms with van der Waals surface area (Å²) < 4.78 is 0. The molecule has 0 aromatic carbocycles. The van der Waals surface area contributed by atoms with Gasteiger partial charge >= 0.3 is 21.1 Å². The second-order valence-electron chi connectivity index (χ2n) is 4.75. The maximum Gasteiger partial charge on any atom is 4.00 e. The first kappa shape index (κ1) is 27.7. The monoisotopic (exact) mass is 461 g/mol. The van der Waals surface area contributed by atoms with E-state index in [0.29, 0.717) is 0 Å². The van der Waals surface area contributed by atoms with Gasteiger partial charge in [-0.3, -0.25) is 6.08 Å². The van der Waals surface area contributed by atoms with Crippen LogP contribution >= 0.6 is 0 Å². The molecule has 0 atom stereocenters. The molecule has 0 amide bonds. The van der Waals surface area contributed by atoms with Crippen LogP contribution < -0.4 is 0 Å². The van der Waals surface area contributed by atoms with Crippen molar-refractivity contribution in [2.75, 3.05) is 0 Å². The zero-order chi connectivity index (χ0) is 12.3. The van der Waals surface area contributed by atoms with Crippen LogP contribution in [0.15, 0.2) is 18.2 Å². The molecule has 0 fully saturated rings. The fraction of sp³-hybridized carbons (Fsp3) is 0.588. The van der Waals surface area contributed by atoms with Crippen LogP contribution in [-0.4, -0.2) is 8.07 Å². The second-order valence-corrected chi connectivity index (χ2v) is 9.25. The predicted molar refractivity (Wildman–Crippen MR) is 90.8 cm³/mol. The van der Waals surface area contributed by atoms with Crippen molar-refractivity contribution in [3.63, 3.8) is 0 Å². The van der Waals surface area contributed by atoms with E-state index < -0.39 is 8.07 Å². The summed E-state index contributed by atoms with van der Waals surface area (Å²) in [4.78, 5) is 0. The van der Waals surface area contributed by atoms with Crippen molar-refractivity contribution >= 4 is 8.07 Å². The summed E-state index contributed by atoms with van der Waals surface area (Å²) in [6.07, 6.45) is 14.0. The fourth-order valence-electron chi connectivity index (χ4n) is 2.31. The number of hydrogen-bond donors (Lipinski definition) is 0. The van der Waals surface area contributed by atoms with E-state index >= 15 is 0 Å². The summed E-state index contributed by atoms with van der Waals surface area (Å²) in [6, 6.07) is 4.32. The smallest absolute Gasteiger partial charge is 0.358 e. The van der Waals surface area contributed by atoms with Gasteiger partial charge in [0.05, 0.1) is 0 Å². The molecule has 1 rings (SSSR count). The zero-order valence-electron chi connectivity index (χ0n) is 13.7. The Morgan fingerprint density at radius 3 is 1.58 bits per heavy atom. The Morgan fingerprint density at radius 2 is 1.42 bits per heavy atom. The summed E-state index contributed by atoms with van der Waals surface area (Å²) in [7, 11) is -0.999. The molecule has 0 aromatic rings. The van der Waals surface area contributed by atoms with E-state index in [9.17, 15) is 0 Å². The van der Waals surface area contributed by atoms with Crippen molar-refractivity contribution in [3.05, 3.63) is 45.7 Å². The van der Waals surface area contributed by atoms with Crippen LogP contribution in [0, 0.1) is 27.5 Å². The molecule has 0 nitrogen and oxygen atoms in total. The Bertz CT molecular complexity index is 182. The zero-order valence-corrected chi connectivity index (χ0v) is 17.0. The van der Waals surface area contributed by atoms with Gasteiger partial charge in [-0.25, -0.2) is 12.2 Å². The molecule has 116 valence electrons. The maximum atomic E-state index is 4.48. The standard InChI is InChI=1S/C10H23Si.C5H5.2CH3.Pt/c1-5-8-11(4,9-6-2)10-7-3;1-2-4-5-3-1;;;/h4-10H2,1-3H3;1-3H,4H2;2*1H3;/q4*-1;+4. The van der Waals surface area contributed by atoms with Crippen LogP contribution in [0.1, 0.15) is 46.5 Å². The van der Waals surface area contributed by atoms with E-state index in [4.69, 9.17) is 0 Å². The van der Waals surface area contributed by atoms with Crippen molar-refractivity contribution in [1.82, 2.24) is 0 Å². The molecule has 1 aliphatic carbocycles. The quantitative estimate of drug-likeness (QED) is 0.324. The minimum Gasteiger partial charge on any atom is -0.358 e. The molecule has 0 aliphatic heterocycles. The van der Waals surface area contributed by atoms with Crippen LogP contribution in [-0.2, 0) is 21.1 Å². The van der Waals surface area contributed by atoms with Crippen molar-refractivity contribution in [3.8, 4) is 0 Å². The van der Waals surface area contributed by atoms with E-state index in [1.54, 1.807) is 0 Å². The van der Waals surface area contributed by atoms with E-state index in [2.05, 4.69) is 39.5 Å². The molecule has 0 saturated carbocycles. The van der Waals surface area contributed by atoms with Gasteiger partial charge in [0.25, 0.3) is 0 Å². The molecule has 2 heteroatoms. The van der Waals surface area contributed by atoms with E-state index in [1.807, 2.05) is 12.2 Å². The van der Waals surface area contributed by atoms with Gasteiger partial charge in [0.2, 0.25) is 0 Å². The normalized spacial score (nSPS) is 11.6.